The first-order valence-corrected chi connectivity index (χ1v) is 8.41. The summed E-state index contributed by atoms with van der Waals surface area (Å²) in [6, 6.07) is 11.4. The van der Waals surface area contributed by atoms with Crippen LogP contribution in [0.1, 0.15) is 16.7 Å². The molecule has 0 atom stereocenters. The molecule has 3 aromatic carbocycles. The molecule has 8 heteroatoms. The number of amidine groups is 1. The van der Waals surface area contributed by atoms with Gasteiger partial charge >= 0.3 is 6.18 Å². The van der Waals surface area contributed by atoms with Gasteiger partial charge in [0.25, 0.3) is 0 Å². The Morgan fingerprint density at radius 3 is 2.24 bits per heavy atom. The van der Waals surface area contributed by atoms with Crippen molar-refractivity contribution in [2.24, 2.45) is 10.9 Å². The van der Waals surface area contributed by atoms with Gasteiger partial charge in [-0.25, -0.2) is 4.39 Å². The van der Waals surface area contributed by atoms with E-state index in [0.717, 1.165) is 12.1 Å². The van der Waals surface area contributed by atoms with Gasteiger partial charge in [0.1, 0.15) is 11.6 Å². The van der Waals surface area contributed by atoms with Crippen molar-refractivity contribution >= 4 is 5.84 Å². The highest BCUT2D eigenvalue weighted by atomic mass is 19.4. The van der Waals surface area contributed by atoms with Crippen LogP contribution >= 0.6 is 0 Å². The molecule has 0 aliphatic carbocycles. The highest BCUT2D eigenvalue weighted by Crippen LogP contribution is 2.42. The van der Waals surface area contributed by atoms with E-state index in [9.17, 15) is 22.7 Å². The SMILES string of the molecule is Cc1c(F)cccc1-c1c(/C(N)=N\O)cc(C(F)(F)F)cc1-c1ccc(O)cc1. The van der Waals surface area contributed by atoms with Crippen LogP contribution in [0.5, 0.6) is 5.75 Å². The summed E-state index contributed by atoms with van der Waals surface area (Å²) in [7, 11) is 0. The van der Waals surface area contributed by atoms with Crippen LogP contribution in [-0.4, -0.2) is 16.1 Å². The van der Waals surface area contributed by atoms with Crippen LogP contribution in [0.3, 0.4) is 0 Å². The van der Waals surface area contributed by atoms with Crippen molar-refractivity contribution in [3.63, 3.8) is 0 Å². The lowest BCUT2D eigenvalue weighted by molar-refractivity contribution is -0.137. The molecule has 3 rings (SSSR count). The molecule has 0 fully saturated rings. The maximum absolute atomic E-state index is 14.2. The van der Waals surface area contributed by atoms with E-state index in [2.05, 4.69) is 5.16 Å². The van der Waals surface area contributed by atoms with Crippen LogP contribution in [-0.2, 0) is 6.18 Å². The van der Waals surface area contributed by atoms with Gasteiger partial charge in [-0.15, -0.1) is 0 Å². The molecule has 0 saturated heterocycles. The molecule has 0 bridgehead atoms. The lowest BCUT2D eigenvalue weighted by Gasteiger charge is -2.20. The Morgan fingerprint density at radius 1 is 1.00 bits per heavy atom. The van der Waals surface area contributed by atoms with Crippen LogP contribution in [0.4, 0.5) is 17.6 Å². The Bertz CT molecular complexity index is 1090. The smallest absolute Gasteiger partial charge is 0.416 e. The molecule has 0 aliphatic heterocycles. The number of rotatable bonds is 3. The molecule has 0 aliphatic rings. The number of hydrogen-bond donors (Lipinski definition) is 3. The maximum Gasteiger partial charge on any atom is 0.416 e. The number of hydrogen-bond acceptors (Lipinski definition) is 3. The second-order valence-corrected chi connectivity index (χ2v) is 6.39. The summed E-state index contributed by atoms with van der Waals surface area (Å²) in [5, 5.41) is 21.5. The minimum absolute atomic E-state index is 0.0686. The molecular formula is C21H16F4N2O2. The predicted octanol–water partition coefficient (Wildman–Crippen LogP) is 5.29. The largest absolute Gasteiger partial charge is 0.508 e. The number of aromatic hydroxyl groups is 1. The molecule has 0 spiro atoms. The van der Waals surface area contributed by atoms with Crippen molar-refractivity contribution in [1.29, 1.82) is 0 Å². The zero-order chi connectivity index (χ0) is 21.3. The number of phenolic OH excluding ortho intramolecular Hbond substituents is 1. The lowest BCUT2D eigenvalue weighted by Crippen LogP contribution is -2.17. The monoisotopic (exact) mass is 404 g/mol. The summed E-state index contributed by atoms with van der Waals surface area (Å²) < 4.78 is 54.8. The first-order chi connectivity index (χ1) is 13.6. The van der Waals surface area contributed by atoms with Gasteiger partial charge in [0.05, 0.1) is 5.56 Å². The number of benzene rings is 3. The minimum Gasteiger partial charge on any atom is -0.508 e. The number of nitrogens with two attached hydrogens (primary N) is 1. The average Bonchev–Trinajstić information content (AvgIpc) is 2.68. The lowest BCUT2D eigenvalue weighted by atomic mass is 9.86. The minimum atomic E-state index is -4.70. The average molecular weight is 404 g/mol. The van der Waals surface area contributed by atoms with Gasteiger partial charge in [-0.1, -0.05) is 29.4 Å². The zero-order valence-electron chi connectivity index (χ0n) is 15.1. The van der Waals surface area contributed by atoms with Crippen molar-refractivity contribution in [2.75, 3.05) is 0 Å². The number of alkyl halides is 3. The van der Waals surface area contributed by atoms with Crippen LogP contribution in [0, 0.1) is 12.7 Å². The number of nitrogens with zero attached hydrogens (tertiary/aromatic N) is 1. The van der Waals surface area contributed by atoms with Gasteiger partial charge in [-0.2, -0.15) is 13.2 Å². The number of halogens is 4. The van der Waals surface area contributed by atoms with E-state index < -0.39 is 23.4 Å². The molecule has 3 aromatic rings. The molecule has 4 N–H and O–H groups in total. The highest BCUT2D eigenvalue weighted by molar-refractivity contribution is 6.07. The predicted molar refractivity (Wildman–Crippen MR) is 101 cm³/mol. The number of phenols is 1. The van der Waals surface area contributed by atoms with Crippen molar-refractivity contribution in [3.05, 3.63) is 77.1 Å². The summed E-state index contributed by atoms with van der Waals surface area (Å²) in [5.74, 6) is -1.17. The Balaban J connectivity index is 2.49. The van der Waals surface area contributed by atoms with E-state index in [1.165, 1.54) is 43.3 Å². The van der Waals surface area contributed by atoms with Gasteiger partial charge in [0.15, 0.2) is 5.84 Å². The van der Waals surface area contributed by atoms with Gasteiger partial charge in [0.2, 0.25) is 0 Å². The van der Waals surface area contributed by atoms with Crippen molar-refractivity contribution in [1.82, 2.24) is 0 Å². The van der Waals surface area contributed by atoms with E-state index in [-0.39, 0.29) is 28.0 Å². The third-order valence-electron chi connectivity index (χ3n) is 4.56. The summed E-state index contributed by atoms with van der Waals surface area (Å²) >= 11 is 0. The standard InChI is InChI=1S/C21H16F4N2O2/c1-11-15(3-2-4-18(11)22)19-16(12-5-7-14(28)8-6-12)9-13(21(23,24)25)10-17(19)20(26)27-29/h2-10,28-29H,1H3,(H2,26,27). The molecule has 4 nitrogen and oxygen atoms in total. The molecule has 0 unspecified atom stereocenters. The van der Waals surface area contributed by atoms with Gasteiger partial charge in [-0.05, 0) is 59.5 Å². The second kappa shape index (κ2) is 7.46. The summed E-state index contributed by atoms with van der Waals surface area (Å²) in [4.78, 5) is 0. The first kappa shape index (κ1) is 20.2. The van der Waals surface area contributed by atoms with Crippen LogP contribution in [0.25, 0.3) is 22.3 Å². The van der Waals surface area contributed by atoms with E-state index in [4.69, 9.17) is 10.9 Å². The topological polar surface area (TPSA) is 78.8 Å². The normalized spacial score (nSPS) is 12.2. The first-order valence-electron chi connectivity index (χ1n) is 8.41. The van der Waals surface area contributed by atoms with Crippen molar-refractivity contribution in [2.45, 2.75) is 13.1 Å². The Morgan fingerprint density at radius 2 is 1.66 bits per heavy atom. The third-order valence-corrected chi connectivity index (χ3v) is 4.56. The van der Waals surface area contributed by atoms with Crippen molar-refractivity contribution < 1.29 is 27.9 Å². The van der Waals surface area contributed by atoms with Crippen LogP contribution < -0.4 is 5.73 Å². The summed E-state index contributed by atoms with van der Waals surface area (Å²) in [6.07, 6.45) is -4.70. The molecular weight excluding hydrogens is 388 g/mol. The van der Waals surface area contributed by atoms with E-state index >= 15 is 0 Å². The Labute approximate surface area is 163 Å². The number of oxime groups is 1. The fourth-order valence-corrected chi connectivity index (χ4v) is 3.10. The summed E-state index contributed by atoms with van der Waals surface area (Å²) in [5.41, 5.74) is 5.58. The molecule has 0 aromatic heterocycles. The maximum atomic E-state index is 14.2. The second-order valence-electron chi connectivity index (χ2n) is 6.39. The Hall–Kier alpha value is -3.55. The molecule has 0 radical (unpaired) electrons. The molecule has 0 heterocycles. The fraction of sp³-hybridized carbons (Fsp3) is 0.0952. The molecule has 0 amide bonds. The zero-order valence-corrected chi connectivity index (χ0v) is 15.1. The summed E-state index contributed by atoms with van der Waals surface area (Å²) in [6.45, 7) is 1.49. The van der Waals surface area contributed by atoms with E-state index in [1.807, 2.05) is 0 Å². The molecule has 29 heavy (non-hydrogen) atoms. The third kappa shape index (κ3) is 3.87. The van der Waals surface area contributed by atoms with E-state index in [0.29, 0.717) is 11.1 Å². The fourth-order valence-electron chi connectivity index (χ4n) is 3.10. The quantitative estimate of drug-likeness (QED) is 0.183. The van der Waals surface area contributed by atoms with Crippen LogP contribution in [0.2, 0.25) is 0 Å². The van der Waals surface area contributed by atoms with Gasteiger partial charge < -0.3 is 16.0 Å². The van der Waals surface area contributed by atoms with Crippen LogP contribution in [0.15, 0.2) is 59.8 Å². The molecule has 150 valence electrons. The van der Waals surface area contributed by atoms with Gasteiger partial charge in [-0.3, -0.25) is 0 Å². The van der Waals surface area contributed by atoms with Crippen molar-refractivity contribution in [3.8, 4) is 28.0 Å². The molecule has 0 saturated carbocycles. The Kier molecular flexibility index (Phi) is 5.19. The van der Waals surface area contributed by atoms with Gasteiger partial charge in [0, 0.05) is 11.1 Å². The highest BCUT2D eigenvalue weighted by Gasteiger charge is 2.33. The van der Waals surface area contributed by atoms with E-state index in [1.54, 1.807) is 6.07 Å².